The van der Waals surface area contributed by atoms with E-state index in [1.807, 2.05) is 0 Å². The first-order chi connectivity index (χ1) is 14.4. The fourth-order valence-corrected chi connectivity index (χ4v) is 5.94. The number of piperidine rings is 1. The summed E-state index contributed by atoms with van der Waals surface area (Å²) in [4.78, 5) is 12.6. The summed E-state index contributed by atoms with van der Waals surface area (Å²) in [6.45, 7) is 3.44. The summed E-state index contributed by atoms with van der Waals surface area (Å²) >= 11 is 6.04. The summed E-state index contributed by atoms with van der Waals surface area (Å²) in [6, 6.07) is 4.63. The molecule has 1 amide bonds. The van der Waals surface area contributed by atoms with Crippen LogP contribution in [0.25, 0.3) is 0 Å². The number of nitrogens with zero attached hydrogens (tertiary/aromatic N) is 1. The molecular weight excluding hydrogens is 424 g/mol. The van der Waals surface area contributed by atoms with E-state index in [2.05, 4.69) is 11.4 Å². The molecule has 0 bridgehead atoms. The SMILES string of the molecule is CCOc1ccc(Cl)cc1S(=O)(=O)N1CCC(C(=O)NCCC2=CCCCC2)CC1. The number of amides is 1. The second-order valence-corrected chi connectivity index (χ2v) is 10.2. The van der Waals surface area contributed by atoms with Crippen LogP contribution >= 0.6 is 11.6 Å². The van der Waals surface area contributed by atoms with Crippen molar-refractivity contribution < 1.29 is 17.9 Å². The van der Waals surface area contributed by atoms with Crippen molar-refractivity contribution in [1.29, 1.82) is 0 Å². The zero-order valence-electron chi connectivity index (χ0n) is 17.5. The Hall–Kier alpha value is -1.57. The lowest BCUT2D eigenvalue weighted by molar-refractivity contribution is -0.126. The van der Waals surface area contributed by atoms with Crippen molar-refractivity contribution in [2.24, 2.45) is 5.92 Å². The number of hydrogen-bond donors (Lipinski definition) is 1. The molecule has 0 aromatic heterocycles. The first-order valence-corrected chi connectivity index (χ1v) is 12.6. The van der Waals surface area contributed by atoms with Crippen molar-refractivity contribution in [2.75, 3.05) is 26.2 Å². The fraction of sp³-hybridized carbons (Fsp3) is 0.591. The number of rotatable bonds is 8. The summed E-state index contributed by atoms with van der Waals surface area (Å²) < 4.78 is 33.2. The van der Waals surface area contributed by atoms with Crippen molar-refractivity contribution in [2.45, 2.75) is 56.8 Å². The van der Waals surface area contributed by atoms with Crippen molar-refractivity contribution in [3.63, 3.8) is 0 Å². The Bertz CT molecular complexity index is 877. The third kappa shape index (κ3) is 5.77. The molecule has 1 saturated heterocycles. The minimum atomic E-state index is -3.73. The number of carbonyl (C=O) groups excluding carboxylic acids is 1. The van der Waals surface area contributed by atoms with Crippen LogP contribution in [-0.4, -0.2) is 44.9 Å². The van der Waals surface area contributed by atoms with E-state index in [4.69, 9.17) is 16.3 Å². The maximum atomic E-state index is 13.1. The molecule has 1 aromatic carbocycles. The van der Waals surface area contributed by atoms with Gasteiger partial charge < -0.3 is 10.1 Å². The molecule has 0 unspecified atom stereocenters. The standard InChI is InChI=1S/C22H31ClN2O4S/c1-2-29-20-9-8-19(23)16-21(20)30(27,28)25-14-11-18(12-15-25)22(26)24-13-10-17-6-4-3-5-7-17/h6,8-9,16,18H,2-5,7,10-15H2,1H3,(H,24,26). The van der Waals surface area contributed by atoms with Gasteiger partial charge in [-0.3, -0.25) is 4.79 Å². The van der Waals surface area contributed by atoms with Crippen LogP contribution < -0.4 is 10.1 Å². The second kappa shape index (κ2) is 10.6. The number of ether oxygens (including phenoxy) is 1. The molecule has 1 aromatic rings. The Labute approximate surface area is 184 Å². The van der Waals surface area contributed by atoms with Gasteiger partial charge >= 0.3 is 0 Å². The molecule has 166 valence electrons. The minimum Gasteiger partial charge on any atom is -0.492 e. The van der Waals surface area contributed by atoms with Gasteiger partial charge in [0.05, 0.1) is 6.61 Å². The van der Waals surface area contributed by atoms with Crippen LogP contribution in [0.15, 0.2) is 34.7 Å². The molecule has 1 heterocycles. The highest BCUT2D eigenvalue weighted by molar-refractivity contribution is 7.89. The Morgan fingerprint density at radius 2 is 2.03 bits per heavy atom. The summed E-state index contributed by atoms with van der Waals surface area (Å²) in [5.74, 6) is 0.183. The van der Waals surface area contributed by atoms with E-state index in [0.29, 0.717) is 49.9 Å². The van der Waals surface area contributed by atoms with Gasteiger partial charge in [0, 0.05) is 30.6 Å². The van der Waals surface area contributed by atoms with E-state index >= 15 is 0 Å². The number of carbonyl (C=O) groups is 1. The van der Waals surface area contributed by atoms with E-state index in [1.54, 1.807) is 19.1 Å². The molecule has 0 atom stereocenters. The normalized spacial score (nSPS) is 18.7. The van der Waals surface area contributed by atoms with Crippen LogP contribution in [0.5, 0.6) is 5.75 Å². The number of benzene rings is 1. The van der Waals surface area contributed by atoms with Gasteiger partial charge in [-0.2, -0.15) is 4.31 Å². The number of halogens is 1. The summed E-state index contributed by atoms with van der Waals surface area (Å²) in [5.41, 5.74) is 1.44. The average Bonchev–Trinajstić information content (AvgIpc) is 2.76. The third-order valence-corrected chi connectivity index (χ3v) is 7.93. The lowest BCUT2D eigenvalue weighted by Gasteiger charge is -2.31. The maximum Gasteiger partial charge on any atom is 0.246 e. The third-order valence-electron chi connectivity index (χ3n) is 5.78. The maximum absolute atomic E-state index is 13.1. The lowest BCUT2D eigenvalue weighted by Crippen LogP contribution is -2.43. The van der Waals surface area contributed by atoms with E-state index in [-0.39, 0.29) is 16.7 Å². The van der Waals surface area contributed by atoms with E-state index in [0.717, 1.165) is 19.3 Å². The van der Waals surface area contributed by atoms with Gasteiger partial charge in [0.2, 0.25) is 15.9 Å². The molecule has 6 nitrogen and oxygen atoms in total. The van der Waals surface area contributed by atoms with Gasteiger partial charge in [0.1, 0.15) is 10.6 Å². The molecule has 1 fully saturated rings. The molecule has 1 N–H and O–H groups in total. The van der Waals surface area contributed by atoms with Gasteiger partial charge in [-0.05, 0) is 70.1 Å². The molecule has 0 saturated carbocycles. The largest absolute Gasteiger partial charge is 0.492 e. The molecule has 30 heavy (non-hydrogen) atoms. The molecule has 0 spiro atoms. The highest BCUT2D eigenvalue weighted by atomic mass is 35.5. The summed E-state index contributed by atoms with van der Waals surface area (Å²) in [5, 5.41) is 3.38. The van der Waals surface area contributed by atoms with Gasteiger partial charge in [0.25, 0.3) is 0 Å². The first kappa shape index (κ1) is 23.1. The van der Waals surface area contributed by atoms with Gasteiger partial charge in [-0.1, -0.05) is 23.3 Å². The van der Waals surface area contributed by atoms with Gasteiger partial charge in [-0.15, -0.1) is 0 Å². The summed E-state index contributed by atoms with van der Waals surface area (Å²) in [6.07, 6.45) is 9.02. The Kier molecular flexibility index (Phi) is 8.20. The minimum absolute atomic E-state index is 0.0289. The fourth-order valence-electron chi connectivity index (χ4n) is 4.08. The smallest absolute Gasteiger partial charge is 0.246 e. The average molecular weight is 455 g/mol. The predicted molar refractivity (Wildman–Crippen MR) is 118 cm³/mol. The monoisotopic (exact) mass is 454 g/mol. The molecule has 0 radical (unpaired) electrons. The predicted octanol–water partition coefficient (Wildman–Crippen LogP) is 4.15. The number of sulfonamides is 1. The van der Waals surface area contributed by atoms with E-state index < -0.39 is 10.0 Å². The van der Waals surface area contributed by atoms with Crippen LogP contribution in [-0.2, 0) is 14.8 Å². The molecule has 3 rings (SSSR count). The van der Waals surface area contributed by atoms with E-state index in [1.165, 1.54) is 28.8 Å². The van der Waals surface area contributed by atoms with Crippen molar-refractivity contribution in [3.8, 4) is 5.75 Å². The number of nitrogens with one attached hydrogen (secondary N) is 1. The molecule has 8 heteroatoms. The molecule has 1 aliphatic heterocycles. The quantitative estimate of drug-likeness (QED) is 0.599. The highest BCUT2D eigenvalue weighted by Gasteiger charge is 2.33. The Balaban J connectivity index is 1.55. The van der Waals surface area contributed by atoms with Crippen LogP contribution in [0.3, 0.4) is 0 Å². The van der Waals surface area contributed by atoms with Crippen LogP contribution in [0.4, 0.5) is 0 Å². The van der Waals surface area contributed by atoms with Crippen LogP contribution in [0.1, 0.15) is 51.9 Å². The Morgan fingerprint density at radius 3 is 2.70 bits per heavy atom. The van der Waals surface area contributed by atoms with Crippen molar-refractivity contribution >= 4 is 27.5 Å². The molecule has 1 aliphatic carbocycles. The topological polar surface area (TPSA) is 75.7 Å². The van der Waals surface area contributed by atoms with E-state index in [9.17, 15) is 13.2 Å². The number of hydrogen-bond acceptors (Lipinski definition) is 4. The van der Waals surface area contributed by atoms with Crippen molar-refractivity contribution in [1.82, 2.24) is 9.62 Å². The first-order valence-electron chi connectivity index (χ1n) is 10.8. The second-order valence-electron chi connectivity index (χ2n) is 7.85. The van der Waals surface area contributed by atoms with Crippen molar-refractivity contribution in [3.05, 3.63) is 34.9 Å². The molecule has 2 aliphatic rings. The molecular formula is C22H31ClN2O4S. The summed E-state index contributed by atoms with van der Waals surface area (Å²) in [7, 11) is -3.73. The number of allylic oxidation sites excluding steroid dienone is 1. The van der Waals surface area contributed by atoms with Gasteiger partial charge in [0.15, 0.2) is 0 Å². The van der Waals surface area contributed by atoms with Crippen LogP contribution in [0.2, 0.25) is 5.02 Å². The lowest BCUT2D eigenvalue weighted by atomic mass is 9.96. The van der Waals surface area contributed by atoms with Crippen LogP contribution in [0, 0.1) is 5.92 Å². The highest BCUT2D eigenvalue weighted by Crippen LogP contribution is 2.32. The zero-order chi connectivity index (χ0) is 21.6. The van der Waals surface area contributed by atoms with Gasteiger partial charge in [-0.25, -0.2) is 8.42 Å². The zero-order valence-corrected chi connectivity index (χ0v) is 19.1. The Morgan fingerprint density at radius 1 is 1.27 bits per heavy atom.